The van der Waals surface area contributed by atoms with Crippen molar-refractivity contribution in [2.75, 3.05) is 24.3 Å². The first-order chi connectivity index (χ1) is 11.5. The van der Waals surface area contributed by atoms with E-state index in [0.717, 1.165) is 17.0 Å². The largest absolute Gasteiger partial charge is 0.378 e. The van der Waals surface area contributed by atoms with Crippen LogP contribution in [-0.4, -0.2) is 28.7 Å². The number of para-hydroxylation sites is 1. The number of halogens is 1. The minimum absolute atomic E-state index is 0.327. The molecule has 1 N–H and O–H groups in total. The number of rotatable bonds is 5. The Bertz CT molecular complexity index is 854. The molecule has 126 valence electrons. The summed E-state index contributed by atoms with van der Waals surface area (Å²) >= 11 is 6.21. The summed E-state index contributed by atoms with van der Waals surface area (Å²) in [7, 11) is 4.09. The van der Waals surface area contributed by atoms with E-state index in [1.807, 2.05) is 43.0 Å². The van der Waals surface area contributed by atoms with Gasteiger partial charge in [0, 0.05) is 32.4 Å². The Labute approximate surface area is 147 Å². The van der Waals surface area contributed by atoms with Gasteiger partial charge in [0.1, 0.15) is 0 Å². The lowest BCUT2D eigenvalue weighted by Crippen LogP contribution is -2.13. The molecule has 0 radical (unpaired) electrons. The van der Waals surface area contributed by atoms with Gasteiger partial charge in [-0.3, -0.25) is 0 Å². The van der Waals surface area contributed by atoms with Crippen LogP contribution >= 0.6 is 11.6 Å². The highest BCUT2D eigenvalue weighted by molar-refractivity contribution is 6.29. The molecule has 2 heterocycles. The van der Waals surface area contributed by atoms with E-state index in [1.54, 1.807) is 0 Å². The zero-order valence-electron chi connectivity index (χ0n) is 14.4. The standard InChI is InChI=1S/C18H22ClN5/c1-12(2)16-11-21-18-14(9-17(19)22-24(16)18)20-10-13-7-5-6-8-15(13)23(3)4/h5-9,11-12,20H,10H2,1-4H3. The molecule has 24 heavy (non-hydrogen) atoms. The maximum Gasteiger partial charge on any atom is 0.177 e. The van der Waals surface area contributed by atoms with Gasteiger partial charge in [-0.05, 0) is 17.5 Å². The van der Waals surface area contributed by atoms with Crippen molar-refractivity contribution < 1.29 is 0 Å². The predicted molar refractivity (Wildman–Crippen MR) is 100 cm³/mol. The number of nitrogens with zero attached hydrogens (tertiary/aromatic N) is 4. The molecule has 0 saturated heterocycles. The highest BCUT2D eigenvalue weighted by Gasteiger charge is 2.13. The smallest absolute Gasteiger partial charge is 0.177 e. The molecule has 3 rings (SSSR count). The summed E-state index contributed by atoms with van der Waals surface area (Å²) in [6, 6.07) is 10.1. The minimum Gasteiger partial charge on any atom is -0.378 e. The van der Waals surface area contributed by atoms with Crippen molar-refractivity contribution in [3.63, 3.8) is 0 Å². The number of hydrogen-bond donors (Lipinski definition) is 1. The fourth-order valence-electron chi connectivity index (χ4n) is 2.77. The van der Waals surface area contributed by atoms with Crippen molar-refractivity contribution in [3.05, 3.63) is 52.9 Å². The Morgan fingerprint density at radius 3 is 2.71 bits per heavy atom. The van der Waals surface area contributed by atoms with Crippen molar-refractivity contribution >= 4 is 28.6 Å². The maximum atomic E-state index is 6.21. The van der Waals surface area contributed by atoms with Crippen molar-refractivity contribution in [2.45, 2.75) is 26.3 Å². The van der Waals surface area contributed by atoms with Crippen molar-refractivity contribution in [1.82, 2.24) is 14.6 Å². The number of benzene rings is 1. The Balaban J connectivity index is 1.94. The summed E-state index contributed by atoms with van der Waals surface area (Å²) in [6.45, 7) is 4.92. The molecule has 0 saturated carbocycles. The van der Waals surface area contributed by atoms with Gasteiger partial charge in [-0.15, -0.1) is 0 Å². The summed E-state index contributed by atoms with van der Waals surface area (Å²) in [5.41, 5.74) is 5.13. The number of imidazole rings is 1. The van der Waals surface area contributed by atoms with E-state index in [-0.39, 0.29) is 0 Å². The van der Waals surface area contributed by atoms with Gasteiger partial charge < -0.3 is 10.2 Å². The van der Waals surface area contributed by atoms with Crippen molar-refractivity contribution in [3.8, 4) is 0 Å². The van der Waals surface area contributed by atoms with Gasteiger partial charge >= 0.3 is 0 Å². The van der Waals surface area contributed by atoms with Crippen LogP contribution in [0.1, 0.15) is 31.0 Å². The van der Waals surface area contributed by atoms with Crippen LogP contribution in [0, 0.1) is 0 Å². The monoisotopic (exact) mass is 343 g/mol. The molecule has 0 amide bonds. The van der Waals surface area contributed by atoms with E-state index >= 15 is 0 Å². The molecule has 2 aromatic heterocycles. The van der Waals surface area contributed by atoms with E-state index < -0.39 is 0 Å². The summed E-state index contributed by atoms with van der Waals surface area (Å²) in [4.78, 5) is 6.63. The quantitative estimate of drug-likeness (QED) is 0.754. The second-order valence-electron chi connectivity index (χ2n) is 6.33. The third-order valence-corrected chi connectivity index (χ3v) is 4.18. The van der Waals surface area contributed by atoms with Gasteiger partial charge in [0.15, 0.2) is 10.8 Å². The number of hydrogen-bond acceptors (Lipinski definition) is 4. The molecule has 0 atom stereocenters. The van der Waals surface area contributed by atoms with Gasteiger partial charge in [-0.2, -0.15) is 5.10 Å². The van der Waals surface area contributed by atoms with Crippen LogP contribution in [0.4, 0.5) is 11.4 Å². The molecule has 0 spiro atoms. The van der Waals surface area contributed by atoms with Crippen molar-refractivity contribution in [1.29, 1.82) is 0 Å². The summed E-state index contributed by atoms with van der Waals surface area (Å²) < 4.78 is 1.83. The minimum atomic E-state index is 0.327. The fraction of sp³-hybridized carbons (Fsp3) is 0.333. The van der Waals surface area contributed by atoms with E-state index in [4.69, 9.17) is 11.6 Å². The number of aromatic nitrogens is 3. The Kier molecular flexibility index (Phi) is 4.62. The normalized spacial score (nSPS) is 11.2. The third kappa shape index (κ3) is 3.17. The second-order valence-corrected chi connectivity index (χ2v) is 6.72. The van der Waals surface area contributed by atoms with E-state index in [9.17, 15) is 0 Å². The summed E-state index contributed by atoms with van der Waals surface area (Å²) in [5.74, 6) is 0.327. The van der Waals surface area contributed by atoms with Gasteiger partial charge in [0.2, 0.25) is 0 Å². The first-order valence-corrected chi connectivity index (χ1v) is 8.38. The van der Waals surface area contributed by atoms with Gasteiger partial charge in [0.25, 0.3) is 0 Å². The molecule has 0 fully saturated rings. The van der Waals surface area contributed by atoms with E-state index in [2.05, 4.69) is 46.3 Å². The van der Waals surface area contributed by atoms with Gasteiger partial charge in [0.05, 0.1) is 17.6 Å². The summed E-state index contributed by atoms with van der Waals surface area (Å²) in [5, 5.41) is 8.30. The van der Waals surface area contributed by atoms with Crippen LogP contribution in [0.15, 0.2) is 36.5 Å². The molecule has 5 nitrogen and oxygen atoms in total. The molecule has 0 aliphatic rings. The zero-order chi connectivity index (χ0) is 17.3. The highest BCUT2D eigenvalue weighted by atomic mass is 35.5. The molecule has 6 heteroatoms. The lowest BCUT2D eigenvalue weighted by molar-refractivity contribution is 0.759. The average molecular weight is 344 g/mol. The van der Waals surface area contributed by atoms with E-state index in [0.29, 0.717) is 17.6 Å². The molecule has 0 aliphatic heterocycles. The van der Waals surface area contributed by atoms with Crippen LogP contribution in [0.3, 0.4) is 0 Å². The SMILES string of the molecule is CC(C)c1cnc2c(NCc3ccccc3N(C)C)cc(Cl)nn12. The predicted octanol–water partition coefficient (Wildman–Crippen LogP) is 4.18. The summed E-state index contributed by atoms with van der Waals surface area (Å²) in [6.07, 6.45) is 1.86. The van der Waals surface area contributed by atoms with Crippen LogP contribution in [0.2, 0.25) is 5.15 Å². The first-order valence-electron chi connectivity index (χ1n) is 8.00. The van der Waals surface area contributed by atoms with Gasteiger partial charge in [-0.25, -0.2) is 9.50 Å². The number of nitrogens with one attached hydrogen (secondary N) is 1. The molecular formula is C18H22ClN5. The average Bonchev–Trinajstić information content (AvgIpc) is 2.96. The molecule has 0 unspecified atom stereocenters. The van der Waals surface area contributed by atoms with Crippen molar-refractivity contribution in [2.24, 2.45) is 0 Å². The molecular weight excluding hydrogens is 322 g/mol. The Morgan fingerprint density at radius 1 is 1.25 bits per heavy atom. The van der Waals surface area contributed by atoms with Crippen LogP contribution < -0.4 is 10.2 Å². The van der Waals surface area contributed by atoms with Crippen LogP contribution in [0.5, 0.6) is 0 Å². The molecule has 1 aromatic carbocycles. The highest BCUT2D eigenvalue weighted by Crippen LogP contribution is 2.25. The topological polar surface area (TPSA) is 45.5 Å². The molecule has 0 aliphatic carbocycles. The lowest BCUT2D eigenvalue weighted by atomic mass is 10.1. The number of fused-ring (bicyclic) bond motifs is 1. The Hall–Kier alpha value is -2.27. The molecule has 3 aromatic rings. The maximum absolute atomic E-state index is 6.21. The number of anilines is 2. The molecule has 0 bridgehead atoms. The fourth-order valence-corrected chi connectivity index (χ4v) is 2.95. The van der Waals surface area contributed by atoms with Gasteiger partial charge in [-0.1, -0.05) is 43.6 Å². The van der Waals surface area contributed by atoms with Crippen LogP contribution in [-0.2, 0) is 6.54 Å². The third-order valence-electron chi connectivity index (χ3n) is 4.00. The van der Waals surface area contributed by atoms with Crippen LogP contribution in [0.25, 0.3) is 5.65 Å². The zero-order valence-corrected chi connectivity index (χ0v) is 15.2. The first kappa shape index (κ1) is 16.6. The Morgan fingerprint density at radius 2 is 2.00 bits per heavy atom. The second kappa shape index (κ2) is 6.69. The lowest BCUT2D eigenvalue weighted by Gasteiger charge is -2.18. The van der Waals surface area contributed by atoms with E-state index in [1.165, 1.54) is 11.3 Å².